The van der Waals surface area contributed by atoms with Crippen LogP contribution in [-0.2, 0) is 10.0 Å². The molecule has 25 heavy (non-hydrogen) atoms. The molecule has 0 aromatic heterocycles. The van der Waals surface area contributed by atoms with Gasteiger partial charge in [0.25, 0.3) is 0 Å². The summed E-state index contributed by atoms with van der Waals surface area (Å²) in [6.07, 6.45) is 1.58. The monoisotopic (exact) mass is 360 g/mol. The summed E-state index contributed by atoms with van der Waals surface area (Å²) in [4.78, 5) is 11.3. The number of hydrogen-bond acceptors (Lipinski definition) is 4. The van der Waals surface area contributed by atoms with Crippen LogP contribution in [0.25, 0.3) is 0 Å². The lowest BCUT2D eigenvalue weighted by Crippen LogP contribution is -2.27. The van der Waals surface area contributed by atoms with E-state index < -0.39 is 22.0 Å². The third kappa shape index (κ3) is 4.68. The summed E-state index contributed by atoms with van der Waals surface area (Å²) in [5.74, 6) is -1.21. The van der Waals surface area contributed by atoms with Crippen molar-refractivity contribution in [1.29, 1.82) is 0 Å². The van der Waals surface area contributed by atoms with Crippen molar-refractivity contribution >= 4 is 21.7 Å². The minimum Gasteiger partial charge on any atom is -0.478 e. The summed E-state index contributed by atoms with van der Waals surface area (Å²) in [5.41, 5.74) is 1.04. The number of sulfonamides is 1. The molecule has 0 spiro atoms. The van der Waals surface area contributed by atoms with E-state index in [-0.39, 0.29) is 10.5 Å². The Morgan fingerprint density at radius 2 is 1.92 bits per heavy atom. The highest BCUT2D eigenvalue weighted by atomic mass is 32.2. The first-order chi connectivity index (χ1) is 11.8. The van der Waals surface area contributed by atoms with Crippen LogP contribution in [0.1, 0.15) is 28.9 Å². The number of aromatic carboxylic acids is 1. The van der Waals surface area contributed by atoms with Crippen molar-refractivity contribution < 1.29 is 18.3 Å². The Balaban J connectivity index is 2.31. The van der Waals surface area contributed by atoms with Crippen LogP contribution in [0.3, 0.4) is 0 Å². The Labute approximate surface area is 147 Å². The summed E-state index contributed by atoms with van der Waals surface area (Å²) in [7, 11) is -3.86. The molecule has 132 valence electrons. The highest BCUT2D eigenvalue weighted by Gasteiger charge is 2.21. The standard InChI is InChI=1S/C18H20N2O4S/c1-3-11-19-17-10-9-15(12-16(17)18(21)22)25(23,24)20-13(2)14-7-5-4-6-8-14/h3-10,12-13,19-20H,1,11H2,2H3,(H,21,22)/t13-/m0/s1. The number of anilines is 1. The normalized spacial score (nSPS) is 12.4. The molecular weight excluding hydrogens is 340 g/mol. The molecule has 0 bridgehead atoms. The topological polar surface area (TPSA) is 95.5 Å². The van der Waals surface area contributed by atoms with Gasteiger partial charge in [0.2, 0.25) is 10.0 Å². The van der Waals surface area contributed by atoms with Gasteiger partial charge in [-0.25, -0.2) is 17.9 Å². The third-order valence-electron chi connectivity index (χ3n) is 3.60. The molecule has 2 aromatic rings. The highest BCUT2D eigenvalue weighted by Crippen LogP contribution is 2.22. The van der Waals surface area contributed by atoms with E-state index in [9.17, 15) is 18.3 Å². The summed E-state index contributed by atoms with van der Waals surface area (Å²) in [6.45, 7) is 5.65. The fourth-order valence-electron chi connectivity index (χ4n) is 2.31. The number of hydrogen-bond donors (Lipinski definition) is 3. The maximum atomic E-state index is 12.6. The Bertz CT molecular complexity index is 864. The number of carbonyl (C=O) groups is 1. The average Bonchev–Trinajstić information content (AvgIpc) is 2.60. The molecule has 0 saturated heterocycles. The van der Waals surface area contributed by atoms with E-state index in [1.54, 1.807) is 13.0 Å². The van der Waals surface area contributed by atoms with E-state index in [0.717, 1.165) is 11.6 Å². The van der Waals surface area contributed by atoms with E-state index in [4.69, 9.17) is 0 Å². The third-order valence-corrected chi connectivity index (χ3v) is 5.14. The SMILES string of the molecule is C=CCNc1ccc(S(=O)(=O)N[C@@H](C)c2ccccc2)cc1C(=O)O. The molecule has 6 nitrogen and oxygen atoms in total. The molecule has 0 unspecified atom stereocenters. The summed E-state index contributed by atoms with van der Waals surface area (Å²) in [6, 6.07) is 12.6. The second kappa shape index (κ2) is 7.96. The average molecular weight is 360 g/mol. The zero-order chi connectivity index (χ0) is 18.4. The number of nitrogens with one attached hydrogen (secondary N) is 2. The van der Waals surface area contributed by atoms with Crippen molar-refractivity contribution in [2.24, 2.45) is 0 Å². The first-order valence-corrected chi connectivity index (χ1v) is 9.13. The van der Waals surface area contributed by atoms with Gasteiger partial charge >= 0.3 is 5.97 Å². The predicted octanol–water partition coefficient (Wildman–Crippen LogP) is 3.02. The molecule has 0 aliphatic carbocycles. The fraction of sp³-hybridized carbons (Fsp3) is 0.167. The molecule has 0 fully saturated rings. The van der Waals surface area contributed by atoms with E-state index in [1.165, 1.54) is 12.1 Å². The van der Waals surface area contributed by atoms with Crippen LogP contribution < -0.4 is 10.0 Å². The van der Waals surface area contributed by atoms with Crippen LogP contribution in [0, 0.1) is 0 Å². The molecule has 1 atom stereocenters. The molecule has 2 rings (SSSR count). The number of rotatable bonds is 8. The van der Waals surface area contributed by atoms with Gasteiger partial charge in [-0.2, -0.15) is 0 Å². The van der Waals surface area contributed by atoms with Crippen molar-refractivity contribution in [3.05, 3.63) is 72.3 Å². The van der Waals surface area contributed by atoms with Crippen LogP contribution in [0.15, 0.2) is 66.1 Å². The Morgan fingerprint density at radius 1 is 1.24 bits per heavy atom. The van der Waals surface area contributed by atoms with E-state index >= 15 is 0 Å². The molecule has 3 N–H and O–H groups in total. The van der Waals surface area contributed by atoms with Gasteiger partial charge in [-0.3, -0.25) is 0 Å². The first-order valence-electron chi connectivity index (χ1n) is 7.64. The molecule has 0 heterocycles. The zero-order valence-corrected chi connectivity index (χ0v) is 14.6. The summed E-state index contributed by atoms with van der Waals surface area (Å²) in [5, 5.41) is 12.2. The first kappa shape index (κ1) is 18.7. The Kier molecular flexibility index (Phi) is 5.95. The molecule has 0 radical (unpaired) electrons. The smallest absolute Gasteiger partial charge is 0.337 e. The minimum absolute atomic E-state index is 0.100. The van der Waals surface area contributed by atoms with Crippen molar-refractivity contribution in [2.75, 3.05) is 11.9 Å². The van der Waals surface area contributed by atoms with Crippen LogP contribution in [0.4, 0.5) is 5.69 Å². The summed E-state index contributed by atoms with van der Waals surface area (Å²) < 4.78 is 27.7. The van der Waals surface area contributed by atoms with Crippen LogP contribution in [0.2, 0.25) is 0 Å². The lowest BCUT2D eigenvalue weighted by atomic mass is 10.1. The van der Waals surface area contributed by atoms with Gasteiger partial charge in [0.15, 0.2) is 0 Å². The van der Waals surface area contributed by atoms with Crippen molar-refractivity contribution in [3.8, 4) is 0 Å². The van der Waals surface area contributed by atoms with Crippen LogP contribution >= 0.6 is 0 Å². The van der Waals surface area contributed by atoms with Gasteiger partial charge in [0, 0.05) is 18.3 Å². The highest BCUT2D eigenvalue weighted by molar-refractivity contribution is 7.89. The molecular formula is C18H20N2O4S. The van der Waals surface area contributed by atoms with Gasteiger partial charge in [-0.15, -0.1) is 6.58 Å². The van der Waals surface area contributed by atoms with Crippen molar-refractivity contribution in [1.82, 2.24) is 4.72 Å². The number of carboxylic acid groups (broad SMARTS) is 1. The molecule has 0 saturated carbocycles. The van der Waals surface area contributed by atoms with E-state index in [0.29, 0.717) is 12.2 Å². The second-order valence-electron chi connectivity index (χ2n) is 5.44. The molecule has 7 heteroatoms. The van der Waals surface area contributed by atoms with Crippen molar-refractivity contribution in [3.63, 3.8) is 0 Å². The van der Waals surface area contributed by atoms with Gasteiger partial charge in [-0.05, 0) is 30.7 Å². The lowest BCUT2D eigenvalue weighted by Gasteiger charge is -2.16. The maximum Gasteiger partial charge on any atom is 0.337 e. The van der Waals surface area contributed by atoms with Gasteiger partial charge in [-0.1, -0.05) is 36.4 Å². The quantitative estimate of drug-likeness (QED) is 0.629. The molecule has 0 aliphatic rings. The molecule has 0 amide bonds. The van der Waals surface area contributed by atoms with Gasteiger partial charge in [0.1, 0.15) is 0 Å². The zero-order valence-electron chi connectivity index (χ0n) is 13.8. The van der Waals surface area contributed by atoms with Gasteiger partial charge < -0.3 is 10.4 Å². The fourth-order valence-corrected chi connectivity index (χ4v) is 3.57. The minimum atomic E-state index is -3.86. The number of carboxylic acids is 1. The summed E-state index contributed by atoms with van der Waals surface area (Å²) >= 11 is 0. The molecule has 0 aliphatic heterocycles. The number of benzene rings is 2. The van der Waals surface area contributed by atoms with Crippen LogP contribution in [-0.4, -0.2) is 26.0 Å². The second-order valence-corrected chi connectivity index (χ2v) is 7.15. The molecule has 2 aromatic carbocycles. The van der Waals surface area contributed by atoms with E-state index in [2.05, 4.69) is 16.6 Å². The maximum absolute atomic E-state index is 12.6. The van der Waals surface area contributed by atoms with Gasteiger partial charge in [0.05, 0.1) is 10.5 Å². The predicted molar refractivity (Wildman–Crippen MR) is 97.3 cm³/mol. The Hall–Kier alpha value is -2.64. The van der Waals surface area contributed by atoms with Crippen molar-refractivity contribution in [2.45, 2.75) is 17.9 Å². The lowest BCUT2D eigenvalue weighted by molar-refractivity contribution is 0.0697. The Morgan fingerprint density at radius 3 is 2.52 bits per heavy atom. The van der Waals surface area contributed by atoms with Crippen LogP contribution in [0.5, 0.6) is 0 Å². The largest absolute Gasteiger partial charge is 0.478 e. The van der Waals surface area contributed by atoms with E-state index in [1.807, 2.05) is 30.3 Å².